The number of rotatable bonds is 5. The Balaban J connectivity index is 2.00. The Bertz CT molecular complexity index is 459. The van der Waals surface area contributed by atoms with E-state index >= 15 is 0 Å². The Morgan fingerprint density at radius 3 is 2.48 bits per heavy atom. The zero-order chi connectivity index (χ0) is 15.3. The first kappa shape index (κ1) is 15.8. The molecular formula is C14H25N5O2. The monoisotopic (exact) mass is 295 g/mol. The van der Waals surface area contributed by atoms with E-state index in [4.69, 9.17) is 10.5 Å². The van der Waals surface area contributed by atoms with Gasteiger partial charge in [-0.3, -0.25) is 0 Å². The molecular weight excluding hydrogens is 270 g/mol. The van der Waals surface area contributed by atoms with Crippen LogP contribution in [0.15, 0.2) is 0 Å². The van der Waals surface area contributed by atoms with Crippen molar-refractivity contribution in [2.75, 3.05) is 17.6 Å². The van der Waals surface area contributed by atoms with Crippen molar-refractivity contribution in [2.45, 2.75) is 64.1 Å². The third-order valence-electron chi connectivity index (χ3n) is 3.58. The first-order valence-electron chi connectivity index (χ1n) is 7.61. The van der Waals surface area contributed by atoms with Gasteiger partial charge in [-0.15, -0.1) is 0 Å². The molecule has 7 heteroatoms. The lowest BCUT2D eigenvalue weighted by Gasteiger charge is -2.26. The van der Waals surface area contributed by atoms with E-state index in [-0.39, 0.29) is 18.1 Å². The Labute approximate surface area is 125 Å². The van der Waals surface area contributed by atoms with Crippen LogP contribution in [0.2, 0.25) is 0 Å². The van der Waals surface area contributed by atoms with E-state index < -0.39 is 5.60 Å². The molecule has 1 aliphatic rings. The minimum Gasteiger partial charge on any atom is -0.461 e. The normalized spacial score (nSPS) is 18.3. The van der Waals surface area contributed by atoms with Gasteiger partial charge in [-0.25, -0.2) is 0 Å². The second kappa shape index (κ2) is 6.89. The molecule has 0 amide bonds. The number of aliphatic hydroxyl groups is 1. The molecule has 0 spiro atoms. The lowest BCUT2D eigenvalue weighted by Crippen LogP contribution is -2.36. The number of hydrogen-bond acceptors (Lipinski definition) is 7. The number of ether oxygens (including phenoxy) is 1. The maximum Gasteiger partial charge on any atom is 0.323 e. The van der Waals surface area contributed by atoms with Crippen LogP contribution < -0.4 is 15.8 Å². The molecule has 0 saturated heterocycles. The summed E-state index contributed by atoms with van der Waals surface area (Å²) in [7, 11) is 0. The third kappa shape index (κ3) is 5.00. The molecule has 0 atom stereocenters. The van der Waals surface area contributed by atoms with Gasteiger partial charge in [0.2, 0.25) is 11.9 Å². The van der Waals surface area contributed by atoms with Crippen LogP contribution in [0.5, 0.6) is 6.01 Å². The summed E-state index contributed by atoms with van der Waals surface area (Å²) in [6, 6.07) is 0.202. The van der Waals surface area contributed by atoms with Gasteiger partial charge < -0.3 is 20.9 Å². The van der Waals surface area contributed by atoms with E-state index in [1.807, 2.05) is 13.8 Å². The highest BCUT2D eigenvalue weighted by Gasteiger charge is 2.28. The van der Waals surface area contributed by atoms with Gasteiger partial charge in [0.25, 0.3) is 0 Å². The Kier molecular flexibility index (Phi) is 5.17. The number of nitrogens with two attached hydrogens (primary N) is 1. The Hall–Kier alpha value is -1.63. The Morgan fingerprint density at radius 1 is 1.19 bits per heavy atom. The molecule has 21 heavy (non-hydrogen) atoms. The SMILES string of the molecule is CC(C)Oc1nc(N)nc(NCC2(O)CCCCCC2)n1. The standard InChI is InChI=1S/C14H25N5O2/c1-10(2)21-13-18-11(15)17-12(19-13)16-9-14(20)7-5-3-4-6-8-14/h10,20H,3-9H2,1-2H3,(H3,15,16,17,18,19). The zero-order valence-corrected chi connectivity index (χ0v) is 12.8. The summed E-state index contributed by atoms with van der Waals surface area (Å²) < 4.78 is 5.43. The molecule has 0 unspecified atom stereocenters. The van der Waals surface area contributed by atoms with Gasteiger partial charge in [-0.2, -0.15) is 15.0 Å². The second-order valence-corrected chi connectivity index (χ2v) is 5.96. The average Bonchev–Trinajstić information content (AvgIpc) is 2.61. The summed E-state index contributed by atoms with van der Waals surface area (Å²) in [6.07, 6.45) is 6.05. The molecule has 2 rings (SSSR count). The largest absolute Gasteiger partial charge is 0.461 e. The second-order valence-electron chi connectivity index (χ2n) is 5.96. The van der Waals surface area contributed by atoms with Crippen molar-refractivity contribution in [3.8, 4) is 6.01 Å². The quantitative estimate of drug-likeness (QED) is 0.710. The van der Waals surface area contributed by atoms with Gasteiger partial charge in [-0.1, -0.05) is 25.7 Å². The predicted molar refractivity (Wildman–Crippen MR) is 81.1 cm³/mol. The number of nitrogens with zero attached hydrogens (tertiary/aromatic N) is 3. The van der Waals surface area contributed by atoms with E-state index in [1.54, 1.807) is 0 Å². The summed E-state index contributed by atoms with van der Waals surface area (Å²) >= 11 is 0. The molecule has 1 aromatic rings. The lowest BCUT2D eigenvalue weighted by atomic mass is 9.95. The first-order chi connectivity index (χ1) is 9.97. The van der Waals surface area contributed by atoms with Gasteiger partial charge in [0.05, 0.1) is 11.7 Å². The van der Waals surface area contributed by atoms with Gasteiger partial charge in [-0.05, 0) is 26.7 Å². The molecule has 0 aliphatic heterocycles. The fraction of sp³-hybridized carbons (Fsp3) is 0.786. The van der Waals surface area contributed by atoms with Crippen molar-refractivity contribution in [3.05, 3.63) is 0 Å². The van der Waals surface area contributed by atoms with Crippen LogP contribution in [0.4, 0.5) is 11.9 Å². The molecule has 1 heterocycles. The molecule has 1 aliphatic carbocycles. The summed E-state index contributed by atoms with van der Waals surface area (Å²) in [5.41, 5.74) is 4.96. The average molecular weight is 295 g/mol. The fourth-order valence-electron chi connectivity index (χ4n) is 2.52. The molecule has 0 aromatic carbocycles. The van der Waals surface area contributed by atoms with Crippen molar-refractivity contribution < 1.29 is 9.84 Å². The molecule has 4 N–H and O–H groups in total. The van der Waals surface area contributed by atoms with Gasteiger partial charge in [0, 0.05) is 6.54 Å². The van der Waals surface area contributed by atoms with Gasteiger partial charge in [0.1, 0.15) is 0 Å². The molecule has 1 saturated carbocycles. The molecule has 1 aromatic heterocycles. The summed E-state index contributed by atoms with van der Waals surface area (Å²) in [6.45, 7) is 4.19. The number of hydrogen-bond donors (Lipinski definition) is 3. The Morgan fingerprint density at radius 2 is 1.86 bits per heavy atom. The smallest absolute Gasteiger partial charge is 0.323 e. The van der Waals surface area contributed by atoms with Crippen LogP contribution in [0.1, 0.15) is 52.4 Å². The van der Waals surface area contributed by atoms with E-state index in [9.17, 15) is 5.11 Å². The molecule has 0 radical (unpaired) electrons. The molecule has 118 valence electrons. The maximum atomic E-state index is 10.6. The van der Waals surface area contributed by atoms with E-state index in [0.717, 1.165) is 25.7 Å². The van der Waals surface area contributed by atoms with Crippen LogP contribution in [-0.2, 0) is 0 Å². The van der Waals surface area contributed by atoms with Crippen LogP contribution >= 0.6 is 0 Å². The highest BCUT2D eigenvalue weighted by atomic mass is 16.5. The van der Waals surface area contributed by atoms with Crippen molar-refractivity contribution in [2.24, 2.45) is 0 Å². The summed E-state index contributed by atoms with van der Waals surface area (Å²) in [5, 5.41) is 13.7. The lowest BCUT2D eigenvalue weighted by molar-refractivity contribution is 0.0379. The van der Waals surface area contributed by atoms with Crippen LogP contribution in [-0.4, -0.2) is 38.3 Å². The minimum absolute atomic E-state index is 0.0364. The van der Waals surface area contributed by atoms with Crippen molar-refractivity contribution >= 4 is 11.9 Å². The van der Waals surface area contributed by atoms with Crippen LogP contribution in [0.25, 0.3) is 0 Å². The third-order valence-corrected chi connectivity index (χ3v) is 3.58. The van der Waals surface area contributed by atoms with Crippen molar-refractivity contribution in [1.29, 1.82) is 0 Å². The highest BCUT2D eigenvalue weighted by Crippen LogP contribution is 2.27. The first-order valence-corrected chi connectivity index (χ1v) is 7.61. The van der Waals surface area contributed by atoms with Gasteiger partial charge >= 0.3 is 6.01 Å². The molecule has 1 fully saturated rings. The van der Waals surface area contributed by atoms with E-state index in [0.29, 0.717) is 12.5 Å². The molecule has 7 nitrogen and oxygen atoms in total. The highest BCUT2D eigenvalue weighted by molar-refractivity contribution is 5.33. The minimum atomic E-state index is -0.697. The fourth-order valence-corrected chi connectivity index (χ4v) is 2.52. The zero-order valence-electron chi connectivity index (χ0n) is 12.8. The summed E-state index contributed by atoms with van der Waals surface area (Å²) in [5.74, 6) is 0.451. The van der Waals surface area contributed by atoms with Crippen molar-refractivity contribution in [1.82, 2.24) is 15.0 Å². The number of aromatic nitrogens is 3. The molecule has 0 bridgehead atoms. The maximum absolute atomic E-state index is 10.6. The number of nitrogens with one attached hydrogen (secondary N) is 1. The van der Waals surface area contributed by atoms with Crippen LogP contribution in [0, 0.1) is 0 Å². The van der Waals surface area contributed by atoms with Crippen molar-refractivity contribution in [3.63, 3.8) is 0 Å². The number of anilines is 2. The van der Waals surface area contributed by atoms with Gasteiger partial charge in [0.15, 0.2) is 0 Å². The van der Waals surface area contributed by atoms with Crippen LogP contribution in [0.3, 0.4) is 0 Å². The summed E-state index contributed by atoms with van der Waals surface area (Å²) in [4.78, 5) is 12.1. The van der Waals surface area contributed by atoms with E-state index in [1.165, 1.54) is 12.8 Å². The topological polar surface area (TPSA) is 106 Å². The van der Waals surface area contributed by atoms with E-state index in [2.05, 4.69) is 20.3 Å². The predicted octanol–water partition coefficient (Wildman–Crippen LogP) is 1.74. The number of nitrogen functional groups attached to an aromatic ring is 1.